The average molecular weight is 1810 g/mol. The van der Waals surface area contributed by atoms with Gasteiger partial charge in [0.2, 0.25) is 0 Å². The predicted molar refractivity (Wildman–Crippen MR) is 552 cm³/mol. The Morgan fingerprint density at radius 2 is 0.386 bits per heavy atom. The number of hydrogen-bond donors (Lipinski definition) is 0. The minimum Gasteiger partial charge on any atom is -0.307 e. The summed E-state index contributed by atoms with van der Waals surface area (Å²) in [6.45, 7) is 26.9. The fraction of sp³-hybridized carbons (Fsp3) is 0.103. The van der Waals surface area contributed by atoms with Gasteiger partial charge >= 0.3 is 0 Å². The van der Waals surface area contributed by atoms with Gasteiger partial charge in [-0.3, -0.25) is 0 Å². The topological polar surface area (TPSA) is 13.0 Å². The molecular weight excluding hydrogens is 1710 g/mol. The van der Waals surface area contributed by atoms with Gasteiger partial charge < -0.3 is 19.6 Å². The van der Waals surface area contributed by atoms with Crippen molar-refractivity contribution >= 4 is 186 Å². The van der Waals surface area contributed by atoms with Crippen molar-refractivity contribution in [3.63, 3.8) is 0 Å². The van der Waals surface area contributed by atoms with E-state index in [0.29, 0.717) is 67.8 Å². The summed E-state index contributed by atoms with van der Waals surface area (Å²) in [5.41, 5.74) is 8.82. The van der Waals surface area contributed by atoms with Gasteiger partial charge in [-0.15, -0.1) is 0 Å². The van der Waals surface area contributed by atoms with Crippen molar-refractivity contribution in [2.24, 2.45) is 0 Å². The van der Waals surface area contributed by atoms with Crippen LogP contribution in [0.15, 0.2) is 364 Å². The average Bonchev–Trinajstić information content (AvgIpc) is 0.719. The normalized spacial score (nSPS) is 12.1. The molecule has 0 unspecified atom stereocenters. The molecule has 0 aromatic heterocycles. The van der Waals surface area contributed by atoms with Crippen LogP contribution in [0.4, 0.5) is 103 Å². The van der Waals surface area contributed by atoms with Crippen LogP contribution in [0.2, 0.25) is 78.6 Å². The van der Waals surface area contributed by atoms with Gasteiger partial charge in [0.25, 0.3) is 0 Å². The molecule has 0 aliphatic rings. The van der Waals surface area contributed by atoms with Crippen LogP contribution in [-0.2, 0) is 0 Å². The largest absolute Gasteiger partial charge is 0.307 e. The summed E-state index contributed by atoms with van der Waals surface area (Å²) in [6.07, 6.45) is 0. The molecule has 0 N–H and O–H groups in total. The van der Waals surface area contributed by atoms with Gasteiger partial charge in [-0.2, -0.15) is 0 Å². The maximum absolute atomic E-state index is 16.9. The van der Waals surface area contributed by atoms with E-state index in [-0.39, 0.29) is 45.0 Å². The first-order valence-corrected chi connectivity index (χ1v) is 58.5. The summed E-state index contributed by atoms with van der Waals surface area (Å²) in [5.74, 6) is -4.39. The molecule has 0 saturated carbocycles. The van der Waals surface area contributed by atoms with Crippen molar-refractivity contribution in [3.8, 4) is 44.5 Å². The Bertz CT molecular complexity index is 7330. The highest BCUT2D eigenvalue weighted by Crippen LogP contribution is 2.53. The van der Waals surface area contributed by atoms with Gasteiger partial charge in [0, 0.05) is 90.8 Å². The first-order valence-electron chi connectivity index (χ1n) is 44.5. The minimum atomic E-state index is -1.73. The van der Waals surface area contributed by atoms with E-state index in [4.69, 9.17) is 0 Å². The van der Waals surface area contributed by atoms with Crippen molar-refractivity contribution < 1.29 is 35.1 Å². The highest BCUT2D eigenvalue weighted by atomic mass is 28.3. The molecule has 20 rings (SSSR count). The van der Waals surface area contributed by atoms with Crippen LogP contribution in [0.3, 0.4) is 0 Å². The Balaban J connectivity index is 0.000000170. The number of rotatable bonds is 20. The lowest BCUT2D eigenvalue weighted by atomic mass is 9.91. The van der Waals surface area contributed by atoms with E-state index in [0.717, 1.165) is 75.0 Å². The second-order valence-corrected chi connectivity index (χ2v) is 58.6. The Kier molecular flexibility index (Phi) is 22.7. The SMILES string of the molecule is C[Si](C)(C)c1ccc(-c2cc(F)c(N(c3ccccc3)c3ccc4ccc5c(N(c6ccccc6)c6cc(F)c(-c7ccc([Si](C)(C)C)cc7)cc6F)ccc6ccc3c4c65)cc2F)cc1.C[Si](C)(C)c1cccc(-c2cc(F)c(N(c3ccccc3)c3ccc4ccc5c(N(c6ccccc6)c6cc(F)c(-c7cccc([Si](C)(C)C)c7)cc6F)ccc6ccc3c4c65)cc2F)c1. The van der Waals surface area contributed by atoms with E-state index in [9.17, 15) is 0 Å². The van der Waals surface area contributed by atoms with Gasteiger partial charge in [-0.05, 0) is 162 Å². The molecule has 0 saturated heterocycles. The number of halogens is 8. The quantitative estimate of drug-likeness (QED) is 0.0428. The summed E-state index contributed by atoms with van der Waals surface area (Å²) < 4.78 is 134. The molecule has 0 atom stereocenters. The molecule has 0 amide bonds. The summed E-state index contributed by atoms with van der Waals surface area (Å²) in [4.78, 5) is 7.11. The molecule has 0 bridgehead atoms. The number of nitrogens with zero attached hydrogens (tertiary/aromatic N) is 4. The molecule has 0 aliphatic carbocycles. The van der Waals surface area contributed by atoms with Crippen LogP contribution in [0.5, 0.6) is 0 Å². The lowest BCUT2D eigenvalue weighted by Crippen LogP contribution is -2.37. The summed E-state index contributed by atoms with van der Waals surface area (Å²) >= 11 is 0. The van der Waals surface area contributed by atoms with E-state index in [1.165, 1.54) is 58.9 Å². The van der Waals surface area contributed by atoms with Gasteiger partial charge in [-0.1, -0.05) is 342 Å². The predicted octanol–water partition coefficient (Wildman–Crippen LogP) is 33.0. The highest BCUT2D eigenvalue weighted by Gasteiger charge is 2.32. The molecule has 0 aliphatic heterocycles. The standard InChI is InChI=1S/2C58H48F4N2Si2/c1-65(2,3)43-21-13-15-39(31-43)47-33-51(61)55(35-49(47)59)63(41-17-9-7-10-18-41)53-29-25-37-24-28-46-54(30-26-38-23-27-45(53)57(37)58(38)46)64(42-19-11-8-12-20-42)56-36-50(60)48(34-52(56)62)40-16-14-22-44(32-40)66(4,5)6;1-65(2,3)43-25-17-37(18-26-43)47-33-51(61)55(35-49(47)59)63(41-13-9-7-10-14-41)53-31-23-39-22-30-46-54(32-24-40-21-29-45(53)57(39)58(40)46)64(42-15-11-8-12-16-42)56-36-50(60)48(34-52(56)62)38-19-27-44(28-20-38)66(4,5)6/h2*7-36H,1-6H3. The van der Waals surface area contributed by atoms with Crippen LogP contribution in [0.1, 0.15) is 0 Å². The third kappa shape index (κ3) is 16.4. The molecule has 0 fully saturated rings. The summed E-state index contributed by atoms with van der Waals surface area (Å²) in [7, 11) is -6.65. The number of hydrogen-bond acceptors (Lipinski definition) is 4. The first-order chi connectivity index (χ1) is 63.3. The molecule has 4 nitrogen and oxygen atoms in total. The maximum Gasteiger partial charge on any atom is 0.148 e. The number of benzene rings is 20. The van der Waals surface area contributed by atoms with Gasteiger partial charge in [0.05, 0.1) is 77.8 Å². The molecule has 0 spiro atoms. The van der Waals surface area contributed by atoms with Crippen LogP contribution in [0.25, 0.3) is 109 Å². The zero-order valence-corrected chi connectivity index (χ0v) is 79.5. The van der Waals surface area contributed by atoms with Crippen molar-refractivity contribution in [1.82, 2.24) is 0 Å². The third-order valence-corrected chi connectivity index (χ3v) is 33.8. The Hall–Kier alpha value is -14.0. The van der Waals surface area contributed by atoms with Gasteiger partial charge in [0.1, 0.15) is 46.5 Å². The van der Waals surface area contributed by atoms with Crippen LogP contribution < -0.4 is 40.3 Å². The van der Waals surface area contributed by atoms with E-state index >= 15 is 35.1 Å². The molecule has 0 radical (unpaired) electrons. The smallest absolute Gasteiger partial charge is 0.148 e. The van der Waals surface area contributed by atoms with Crippen LogP contribution in [0, 0.1) is 46.5 Å². The van der Waals surface area contributed by atoms with E-state index in [1.54, 1.807) is 19.6 Å². The minimum absolute atomic E-state index is 0.0695. The van der Waals surface area contributed by atoms with Crippen LogP contribution in [-0.4, -0.2) is 32.3 Å². The molecule has 16 heteroatoms. The zero-order chi connectivity index (χ0) is 92.1. The van der Waals surface area contributed by atoms with Gasteiger partial charge in [-0.25, -0.2) is 35.1 Å². The molecule has 652 valence electrons. The summed E-state index contributed by atoms with van der Waals surface area (Å²) in [5, 5.41) is 15.4. The second kappa shape index (κ2) is 34.4. The third-order valence-electron chi connectivity index (χ3n) is 25.6. The molecule has 0 heterocycles. The molecule has 20 aromatic carbocycles. The van der Waals surface area contributed by atoms with E-state index in [1.807, 2.05) is 303 Å². The van der Waals surface area contributed by atoms with Crippen molar-refractivity contribution in [3.05, 3.63) is 411 Å². The summed E-state index contributed by atoms with van der Waals surface area (Å²) in [6, 6.07) is 111. The van der Waals surface area contributed by atoms with Crippen molar-refractivity contribution in [2.75, 3.05) is 19.6 Å². The Morgan fingerprint density at radius 3 is 0.614 bits per heavy atom. The first kappa shape index (κ1) is 87.3. The zero-order valence-electron chi connectivity index (χ0n) is 75.5. The maximum atomic E-state index is 16.9. The van der Waals surface area contributed by atoms with E-state index in [2.05, 4.69) is 90.7 Å². The van der Waals surface area contributed by atoms with Crippen molar-refractivity contribution in [2.45, 2.75) is 78.6 Å². The fourth-order valence-corrected chi connectivity index (χ4v) is 23.3. The fourth-order valence-electron chi connectivity index (χ4n) is 18.6. The molecule has 132 heavy (non-hydrogen) atoms. The van der Waals surface area contributed by atoms with Crippen LogP contribution >= 0.6 is 0 Å². The molecule has 20 aromatic rings. The monoisotopic (exact) mass is 1810 g/mol. The highest BCUT2D eigenvalue weighted by molar-refractivity contribution is 6.90. The Morgan fingerprint density at radius 1 is 0.167 bits per heavy atom. The lowest BCUT2D eigenvalue weighted by Gasteiger charge is -2.30. The Labute approximate surface area is 768 Å². The van der Waals surface area contributed by atoms with E-state index < -0.39 is 78.8 Å². The van der Waals surface area contributed by atoms with Gasteiger partial charge in [0.15, 0.2) is 0 Å². The number of anilines is 12. The number of para-hydroxylation sites is 4. The second-order valence-electron chi connectivity index (χ2n) is 38.3. The lowest BCUT2D eigenvalue weighted by molar-refractivity contribution is 0.604. The molecular formula is C116H96F8N4Si4. The van der Waals surface area contributed by atoms with Crippen molar-refractivity contribution in [1.29, 1.82) is 0 Å².